The number of nitrogens with zero attached hydrogens (tertiary/aromatic N) is 3. The Morgan fingerprint density at radius 2 is 2.30 bits per heavy atom. The van der Waals surface area contributed by atoms with Gasteiger partial charge >= 0.3 is 0 Å². The van der Waals surface area contributed by atoms with Crippen molar-refractivity contribution < 1.29 is 8.91 Å². The largest absolute Gasteiger partial charge is 0.366 e. The van der Waals surface area contributed by atoms with Gasteiger partial charge in [0, 0.05) is 34.3 Å². The van der Waals surface area contributed by atoms with Crippen molar-refractivity contribution in [3.8, 4) is 0 Å². The highest BCUT2D eigenvalue weighted by Gasteiger charge is 2.23. The number of hydrogen-bond acceptors (Lipinski definition) is 7. The summed E-state index contributed by atoms with van der Waals surface area (Å²) in [6.45, 7) is -2.61. The first kappa shape index (κ1) is 12.1. The molecule has 2 aromatic rings. The Labute approximate surface area is 142 Å². The van der Waals surface area contributed by atoms with Gasteiger partial charge in [0.2, 0.25) is 0 Å². The molecule has 7 nitrogen and oxygen atoms in total. The number of nitrogens with one attached hydrogen (secondary N) is 3. The molecule has 1 amide bonds. The molecule has 0 unspecified atom stereocenters. The SMILES string of the molecule is [2H]C([2H])([2H])NC(=O)c1nnc(NC2CC2)cc1Nc1ncccc1SC. The lowest BCUT2D eigenvalue weighted by Crippen LogP contribution is -2.22. The Morgan fingerprint density at radius 1 is 1.43 bits per heavy atom. The third kappa shape index (κ3) is 3.70. The van der Waals surface area contributed by atoms with Crippen molar-refractivity contribution >= 4 is 35.0 Å². The van der Waals surface area contributed by atoms with Gasteiger partial charge in [-0.15, -0.1) is 22.0 Å². The van der Waals surface area contributed by atoms with E-state index in [1.807, 2.05) is 23.7 Å². The Balaban J connectivity index is 1.93. The van der Waals surface area contributed by atoms with Gasteiger partial charge in [0.05, 0.1) is 5.69 Å². The predicted molar refractivity (Wildman–Crippen MR) is 91.4 cm³/mol. The zero-order valence-electron chi connectivity index (χ0n) is 15.5. The van der Waals surface area contributed by atoms with E-state index in [1.165, 1.54) is 11.8 Å². The minimum atomic E-state index is -2.61. The number of amides is 1. The third-order valence-electron chi connectivity index (χ3n) is 3.30. The lowest BCUT2D eigenvalue weighted by Gasteiger charge is -2.13. The third-order valence-corrected chi connectivity index (χ3v) is 4.06. The topological polar surface area (TPSA) is 91.8 Å². The van der Waals surface area contributed by atoms with E-state index in [2.05, 4.69) is 25.8 Å². The first-order valence-electron chi connectivity index (χ1n) is 8.58. The molecule has 3 N–H and O–H groups in total. The van der Waals surface area contributed by atoms with Crippen LogP contribution in [0.1, 0.15) is 27.4 Å². The second kappa shape index (κ2) is 6.82. The first-order valence-corrected chi connectivity index (χ1v) is 8.31. The summed E-state index contributed by atoms with van der Waals surface area (Å²) < 4.78 is 21.6. The van der Waals surface area contributed by atoms with Crippen LogP contribution in [0.15, 0.2) is 29.3 Å². The average Bonchev–Trinajstić information content (AvgIpc) is 3.38. The van der Waals surface area contributed by atoms with Crippen LogP contribution in [0.2, 0.25) is 0 Å². The van der Waals surface area contributed by atoms with Crippen molar-refractivity contribution in [2.45, 2.75) is 23.8 Å². The van der Waals surface area contributed by atoms with E-state index in [0.29, 0.717) is 23.4 Å². The quantitative estimate of drug-likeness (QED) is 0.698. The fourth-order valence-corrected chi connectivity index (χ4v) is 2.51. The van der Waals surface area contributed by atoms with Crippen LogP contribution in [0.25, 0.3) is 0 Å². The van der Waals surface area contributed by atoms with Gasteiger partial charge in [-0.3, -0.25) is 4.79 Å². The molecular formula is C15H18N6OS. The molecule has 2 heterocycles. The molecule has 0 bridgehead atoms. The fraction of sp³-hybridized carbons (Fsp3) is 0.333. The average molecular weight is 333 g/mol. The summed E-state index contributed by atoms with van der Waals surface area (Å²) in [6, 6.07) is 5.69. The molecule has 0 aliphatic heterocycles. The normalized spacial score (nSPS) is 16.0. The molecule has 3 rings (SSSR count). The minimum Gasteiger partial charge on any atom is -0.366 e. The molecular weight excluding hydrogens is 312 g/mol. The summed E-state index contributed by atoms with van der Waals surface area (Å²) in [5, 5.41) is 16.1. The zero-order chi connectivity index (χ0) is 18.7. The maximum absolute atomic E-state index is 12.3. The molecule has 1 fully saturated rings. The Hall–Kier alpha value is -2.35. The van der Waals surface area contributed by atoms with Gasteiger partial charge in [-0.2, -0.15) is 0 Å². The molecule has 0 aromatic carbocycles. The summed E-state index contributed by atoms with van der Waals surface area (Å²) in [7, 11) is 0. The summed E-state index contributed by atoms with van der Waals surface area (Å²) in [6.07, 6.45) is 5.66. The number of rotatable bonds is 6. The highest BCUT2D eigenvalue weighted by atomic mass is 32.2. The van der Waals surface area contributed by atoms with Crippen LogP contribution in [0, 0.1) is 0 Å². The van der Waals surface area contributed by atoms with Crippen molar-refractivity contribution in [2.75, 3.05) is 23.9 Å². The van der Waals surface area contributed by atoms with Crippen LogP contribution in [0.3, 0.4) is 0 Å². The molecule has 0 radical (unpaired) electrons. The predicted octanol–water partition coefficient (Wildman–Crippen LogP) is 2.27. The number of carbonyl (C=O) groups is 1. The maximum Gasteiger partial charge on any atom is 0.273 e. The van der Waals surface area contributed by atoms with Crippen molar-refractivity contribution in [2.24, 2.45) is 0 Å². The van der Waals surface area contributed by atoms with Crippen LogP contribution in [0.5, 0.6) is 0 Å². The van der Waals surface area contributed by atoms with Gasteiger partial charge in [-0.05, 0) is 31.2 Å². The van der Waals surface area contributed by atoms with E-state index in [9.17, 15) is 4.79 Å². The Morgan fingerprint density at radius 3 is 3.04 bits per heavy atom. The number of pyridine rings is 1. The Kier molecular flexibility index (Phi) is 3.60. The molecule has 0 spiro atoms. The highest BCUT2D eigenvalue weighted by Crippen LogP contribution is 2.29. The molecule has 1 aliphatic carbocycles. The zero-order valence-corrected chi connectivity index (χ0v) is 13.3. The van der Waals surface area contributed by atoms with Crippen LogP contribution >= 0.6 is 11.8 Å². The standard InChI is InChI=1S/C15H18N6OS/c1-16-15(22)13-10(8-12(20-21-13)18-9-5-6-9)19-14-11(23-2)4-3-7-17-14/h3-4,7-9H,5-6H2,1-2H3,(H,16,22)(H2,17,18,19,20)/i1D3. The summed E-state index contributed by atoms with van der Waals surface area (Å²) >= 11 is 1.50. The van der Waals surface area contributed by atoms with Gasteiger partial charge in [0.15, 0.2) is 11.5 Å². The van der Waals surface area contributed by atoms with Gasteiger partial charge in [-0.25, -0.2) is 4.98 Å². The first-order chi connectivity index (χ1) is 12.4. The second-order valence-electron chi connectivity index (χ2n) is 5.04. The van der Waals surface area contributed by atoms with Gasteiger partial charge in [0.25, 0.3) is 5.91 Å². The summed E-state index contributed by atoms with van der Waals surface area (Å²) in [5.41, 5.74) is 0.221. The van der Waals surface area contributed by atoms with Crippen LogP contribution < -0.4 is 16.0 Å². The van der Waals surface area contributed by atoms with E-state index in [0.717, 1.165) is 17.7 Å². The molecule has 0 saturated heterocycles. The van der Waals surface area contributed by atoms with E-state index in [-0.39, 0.29) is 5.69 Å². The van der Waals surface area contributed by atoms with Crippen molar-refractivity contribution in [1.29, 1.82) is 0 Å². The number of carbonyl (C=O) groups excluding carboxylic acids is 1. The number of aromatic nitrogens is 3. The van der Waals surface area contributed by atoms with Crippen molar-refractivity contribution in [1.82, 2.24) is 20.5 Å². The maximum atomic E-state index is 12.3. The minimum absolute atomic E-state index is 0.111. The highest BCUT2D eigenvalue weighted by molar-refractivity contribution is 7.98. The van der Waals surface area contributed by atoms with Crippen LogP contribution in [0.4, 0.5) is 17.3 Å². The van der Waals surface area contributed by atoms with Gasteiger partial charge in [0.1, 0.15) is 5.82 Å². The molecule has 8 heteroatoms. The lowest BCUT2D eigenvalue weighted by atomic mass is 10.3. The van der Waals surface area contributed by atoms with Crippen molar-refractivity contribution in [3.05, 3.63) is 30.1 Å². The molecule has 23 heavy (non-hydrogen) atoms. The van der Waals surface area contributed by atoms with E-state index >= 15 is 0 Å². The smallest absolute Gasteiger partial charge is 0.273 e. The van der Waals surface area contributed by atoms with E-state index in [1.54, 1.807) is 12.3 Å². The van der Waals surface area contributed by atoms with Crippen molar-refractivity contribution in [3.63, 3.8) is 0 Å². The lowest BCUT2D eigenvalue weighted by molar-refractivity contribution is 0.0958. The molecule has 2 aromatic heterocycles. The molecule has 1 saturated carbocycles. The summed E-state index contributed by atoms with van der Waals surface area (Å²) in [5.74, 6) is 0.231. The van der Waals surface area contributed by atoms with Gasteiger partial charge < -0.3 is 16.0 Å². The number of anilines is 3. The number of thioether (sulfide) groups is 1. The van der Waals surface area contributed by atoms with Gasteiger partial charge in [-0.1, -0.05) is 0 Å². The molecule has 1 aliphatic rings. The Bertz CT molecular complexity index is 812. The van der Waals surface area contributed by atoms with Crippen LogP contribution in [-0.2, 0) is 0 Å². The molecule has 120 valence electrons. The fourth-order valence-electron chi connectivity index (χ4n) is 2.00. The summed E-state index contributed by atoms with van der Waals surface area (Å²) in [4.78, 5) is 17.5. The monoisotopic (exact) mass is 333 g/mol. The van der Waals surface area contributed by atoms with E-state index in [4.69, 9.17) is 4.11 Å². The molecule has 0 atom stereocenters. The second-order valence-corrected chi connectivity index (χ2v) is 5.89. The van der Waals surface area contributed by atoms with Crippen LogP contribution in [-0.4, -0.2) is 40.4 Å². The number of hydrogen-bond donors (Lipinski definition) is 3. The van der Waals surface area contributed by atoms with E-state index < -0.39 is 12.9 Å².